The second-order valence-electron chi connectivity index (χ2n) is 4.83. The monoisotopic (exact) mass is 223 g/mol. The molecule has 1 aliphatic rings. The van der Waals surface area contributed by atoms with Crippen molar-refractivity contribution in [1.82, 2.24) is 15.5 Å². The van der Waals surface area contributed by atoms with Crippen molar-refractivity contribution in [1.29, 1.82) is 0 Å². The molecule has 1 atom stereocenters. The second-order valence-corrected chi connectivity index (χ2v) is 4.83. The van der Waals surface area contributed by atoms with Crippen LogP contribution in [0.15, 0.2) is 4.52 Å². The first-order valence-electron chi connectivity index (χ1n) is 6.26. The third-order valence-electron chi connectivity index (χ3n) is 3.48. The van der Waals surface area contributed by atoms with Gasteiger partial charge in [-0.1, -0.05) is 24.4 Å². The Kier molecular flexibility index (Phi) is 3.93. The number of aryl methyl sites for hydroxylation is 1. The molecule has 0 radical (unpaired) electrons. The van der Waals surface area contributed by atoms with Gasteiger partial charge in [-0.2, -0.15) is 4.98 Å². The van der Waals surface area contributed by atoms with Crippen LogP contribution in [0.4, 0.5) is 0 Å². The Balaban J connectivity index is 1.77. The van der Waals surface area contributed by atoms with E-state index < -0.39 is 0 Å². The van der Waals surface area contributed by atoms with Crippen LogP contribution in [-0.4, -0.2) is 23.2 Å². The number of nitrogens with zero attached hydrogens (tertiary/aromatic N) is 2. The van der Waals surface area contributed by atoms with E-state index in [1.54, 1.807) is 0 Å². The summed E-state index contributed by atoms with van der Waals surface area (Å²) < 4.78 is 5.24. The molecule has 1 aromatic rings. The number of hydrogen-bond acceptors (Lipinski definition) is 4. The largest absolute Gasteiger partial charge is 0.339 e. The molecule has 1 fully saturated rings. The fourth-order valence-corrected chi connectivity index (χ4v) is 1.96. The van der Waals surface area contributed by atoms with Crippen molar-refractivity contribution < 1.29 is 4.52 Å². The summed E-state index contributed by atoms with van der Waals surface area (Å²) in [5.41, 5.74) is 0. The van der Waals surface area contributed by atoms with E-state index in [4.69, 9.17) is 4.52 Å². The van der Waals surface area contributed by atoms with Gasteiger partial charge in [-0.05, 0) is 26.3 Å². The highest BCUT2D eigenvalue weighted by molar-refractivity contribution is 4.90. The lowest BCUT2D eigenvalue weighted by molar-refractivity contribution is 0.280. The van der Waals surface area contributed by atoms with Gasteiger partial charge in [-0.3, -0.25) is 0 Å². The van der Waals surface area contributed by atoms with E-state index in [1.807, 2.05) is 7.05 Å². The summed E-state index contributed by atoms with van der Waals surface area (Å²) in [5.74, 6) is 2.54. The zero-order valence-electron chi connectivity index (χ0n) is 10.2. The number of hydrogen-bond donors (Lipinski definition) is 1. The minimum Gasteiger partial charge on any atom is -0.339 e. The second kappa shape index (κ2) is 5.43. The quantitative estimate of drug-likeness (QED) is 0.801. The zero-order valence-corrected chi connectivity index (χ0v) is 10.2. The fourth-order valence-electron chi connectivity index (χ4n) is 1.96. The number of rotatable bonds is 6. The van der Waals surface area contributed by atoms with Crippen LogP contribution >= 0.6 is 0 Å². The Labute approximate surface area is 96.8 Å². The van der Waals surface area contributed by atoms with Gasteiger partial charge in [0.2, 0.25) is 5.89 Å². The molecule has 16 heavy (non-hydrogen) atoms. The van der Waals surface area contributed by atoms with Crippen LogP contribution in [0.2, 0.25) is 0 Å². The van der Waals surface area contributed by atoms with Crippen LogP contribution in [0.25, 0.3) is 0 Å². The van der Waals surface area contributed by atoms with Crippen molar-refractivity contribution in [2.45, 2.75) is 51.5 Å². The summed E-state index contributed by atoms with van der Waals surface area (Å²) in [5, 5.41) is 7.17. The van der Waals surface area contributed by atoms with Crippen molar-refractivity contribution >= 4 is 0 Å². The van der Waals surface area contributed by atoms with E-state index >= 15 is 0 Å². The van der Waals surface area contributed by atoms with Gasteiger partial charge in [0, 0.05) is 18.9 Å². The highest BCUT2D eigenvalue weighted by Gasteiger charge is 2.18. The average Bonchev–Trinajstić information content (AvgIpc) is 2.63. The van der Waals surface area contributed by atoms with Gasteiger partial charge in [-0.15, -0.1) is 0 Å². The molecule has 2 rings (SSSR count). The molecule has 1 unspecified atom stereocenters. The molecule has 4 heteroatoms. The lowest BCUT2D eigenvalue weighted by Crippen LogP contribution is -2.24. The standard InChI is InChI=1S/C12H21N3O/c1-9(13-2)8-11-14-12(16-15-11)7-6-10-4-3-5-10/h9-10,13H,3-8H2,1-2H3. The molecule has 1 aromatic heterocycles. The van der Waals surface area contributed by atoms with Gasteiger partial charge in [-0.25, -0.2) is 0 Å². The maximum atomic E-state index is 5.24. The van der Waals surface area contributed by atoms with Gasteiger partial charge in [0.25, 0.3) is 0 Å². The van der Waals surface area contributed by atoms with Crippen LogP contribution in [0, 0.1) is 5.92 Å². The van der Waals surface area contributed by atoms with Crippen molar-refractivity contribution in [2.75, 3.05) is 7.05 Å². The van der Waals surface area contributed by atoms with E-state index in [2.05, 4.69) is 22.4 Å². The van der Waals surface area contributed by atoms with Crippen molar-refractivity contribution in [3.63, 3.8) is 0 Å². The molecular weight excluding hydrogens is 202 g/mol. The summed E-state index contributed by atoms with van der Waals surface area (Å²) in [6.45, 7) is 2.12. The van der Waals surface area contributed by atoms with E-state index in [-0.39, 0.29) is 0 Å². The predicted octanol–water partition coefficient (Wildman–Crippen LogP) is 1.95. The van der Waals surface area contributed by atoms with Gasteiger partial charge in [0.1, 0.15) is 0 Å². The van der Waals surface area contributed by atoms with Gasteiger partial charge < -0.3 is 9.84 Å². The topological polar surface area (TPSA) is 51.0 Å². The molecule has 1 heterocycles. The SMILES string of the molecule is CNC(C)Cc1noc(CCC2CCC2)n1. The summed E-state index contributed by atoms with van der Waals surface area (Å²) in [7, 11) is 1.95. The third-order valence-corrected chi connectivity index (χ3v) is 3.48. The number of aromatic nitrogens is 2. The summed E-state index contributed by atoms with van der Waals surface area (Å²) in [4.78, 5) is 4.41. The maximum Gasteiger partial charge on any atom is 0.226 e. The van der Waals surface area contributed by atoms with E-state index in [0.29, 0.717) is 6.04 Å². The molecule has 0 amide bonds. The van der Waals surface area contributed by atoms with Crippen LogP contribution in [-0.2, 0) is 12.8 Å². The summed E-state index contributed by atoms with van der Waals surface area (Å²) >= 11 is 0. The molecule has 1 aliphatic carbocycles. The van der Waals surface area contributed by atoms with Gasteiger partial charge >= 0.3 is 0 Å². The van der Waals surface area contributed by atoms with Gasteiger partial charge in [0.15, 0.2) is 5.82 Å². The van der Waals surface area contributed by atoms with Crippen LogP contribution in [0.1, 0.15) is 44.3 Å². The highest BCUT2D eigenvalue weighted by Crippen LogP contribution is 2.30. The molecule has 90 valence electrons. The molecule has 1 N–H and O–H groups in total. The van der Waals surface area contributed by atoms with Crippen LogP contribution in [0.5, 0.6) is 0 Å². The highest BCUT2D eigenvalue weighted by atomic mass is 16.5. The molecule has 4 nitrogen and oxygen atoms in total. The first-order chi connectivity index (χ1) is 7.78. The minimum absolute atomic E-state index is 0.400. The Bertz CT molecular complexity index is 320. The van der Waals surface area contributed by atoms with Crippen LogP contribution < -0.4 is 5.32 Å². The molecule has 0 spiro atoms. The summed E-state index contributed by atoms with van der Waals surface area (Å²) in [6.07, 6.45) is 7.17. The fraction of sp³-hybridized carbons (Fsp3) is 0.833. The third kappa shape index (κ3) is 3.04. The lowest BCUT2D eigenvalue weighted by atomic mass is 9.82. The Morgan fingerprint density at radius 3 is 2.94 bits per heavy atom. The number of likely N-dealkylation sites (N-methyl/N-ethyl adjacent to an activating group) is 1. The molecule has 0 bridgehead atoms. The molecule has 0 aromatic carbocycles. The van der Waals surface area contributed by atoms with E-state index in [9.17, 15) is 0 Å². The Morgan fingerprint density at radius 1 is 1.50 bits per heavy atom. The van der Waals surface area contributed by atoms with Crippen molar-refractivity contribution in [3.05, 3.63) is 11.7 Å². The number of nitrogens with one attached hydrogen (secondary N) is 1. The first kappa shape index (κ1) is 11.6. The maximum absolute atomic E-state index is 5.24. The minimum atomic E-state index is 0.400. The van der Waals surface area contributed by atoms with Crippen LogP contribution in [0.3, 0.4) is 0 Å². The zero-order chi connectivity index (χ0) is 11.4. The molecular formula is C12H21N3O. The summed E-state index contributed by atoms with van der Waals surface area (Å²) in [6, 6.07) is 0.400. The molecule has 0 saturated heterocycles. The van der Waals surface area contributed by atoms with Crippen molar-refractivity contribution in [2.24, 2.45) is 5.92 Å². The van der Waals surface area contributed by atoms with E-state index in [0.717, 1.165) is 30.5 Å². The molecule has 0 aliphatic heterocycles. The van der Waals surface area contributed by atoms with Crippen molar-refractivity contribution in [3.8, 4) is 0 Å². The Hall–Kier alpha value is -0.900. The van der Waals surface area contributed by atoms with E-state index in [1.165, 1.54) is 25.7 Å². The molecule has 1 saturated carbocycles. The predicted molar refractivity (Wildman–Crippen MR) is 62.2 cm³/mol. The lowest BCUT2D eigenvalue weighted by Gasteiger charge is -2.24. The average molecular weight is 223 g/mol. The Morgan fingerprint density at radius 2 is 2.31 bits per heavy atom. The smallest absolute Gasteiger partial charge is 0.226 e. The van der Waals surface area contributed by atoms with Gasteiger partial charge in [0.05, 0.1) is 0 Å². The first-order valence-corrected chi connectivity index (χ1v) is 6.26. The normalized spacial score (nSPS) is 18.4.